The van der Waals surface area contributed by atoms with Crippen LogP contribution in [0.15, 0.2) is 18.3 Å². The molecule has 16 heavy (non-hydrogen) atoms. The molecular weight excluding hydrogens is 208 g/mol. The molecule has 2 N–H and O–H groups in total. The third kappa shape index (κ3) is 4.22. The topological polar surface area (TPSA) is 80.1 Å². The minimum atomic E-state index is -0.461. The second-order valence-electron chi connectivity index (χ2n) is 3.69. The highest BCUT2D eigenvalue weighted by atomic mass is 16.6. The van der Waals surface area contributed by atoms with E-state index in [1.165, 1.54) is 12.3 Å². The Balaban J connectivity index is 2.35. The van der Waals surface area contributed by atoms with Gasteiger partial charge in [0.1, 0.15) is 12.0 Å². The predicted molar refractivity (Wildman–Crippen MR) is 62.5 cm³/mol. The van der Waals surface area contributed by atoms with Crippen LogP contribution in [0.1, 0.15) is 13.8 Å². The molecule has 1 rings (SSSR count). The second-order valence-corrected chi connectivity index (χ2v) is 3.69. The van der Waals surface area contributed by atoms with Gasteiger partial charge >= 0.3 is 0 Å². The number of aromatic nitrogens is 1. The number of hydrogen-bond acceptors (Lipinski definition) is 5. The lowest BCUT2D eigenvalue weighted by atomic mass is 10.4. The van der Waals surface area contributed by atoms with Gasteiger partial charge in [-0.3, -0.25) is 10.1 Å². The van der Waals surface area contributed by atoms with E-state index in [-0.39, 0.29) is 5.69 Å². The van der Waals surface area contributed by atoms with E-state index in [0.29, 0.717) is 11.9 Å². The van der Waals surface area contributed by atoms with Gasteiger partial charge in [0.25, 0.3) is 5.69 Å². The quantitative estimate of drug-likeness (QED) is 0.433. The molecule has 0 aliphatic rings. The standard InChI is InChI=1S/C10H16N4O2/c1-8(2)11-5-6-12-10-4-3-9(7-13-10)14(15)16/h3-4,7-8,11H,5-6H2,1-2H3,(H,12,13). The molecule has 0 aliphatic carbocycles. The molecule has 6 nitrogen and oxygen atoms in total. The maximum atomic E-state index is 10.4. The molecule has 6 heteroatoms. The third-order valence-electron chi connectivity index (χ3n) is 1.94. The first-order chi connectivity index (χ1) is 7.59. The molecule has 88 valence electrons. The summed E-state index contributed by atoms with van der Waals surface area (Å²) >= 11 is 0. The molecule has 1 aromatic heterocycles. The summed E-state index contributed by atoms with van der Waals surface area (Å²) in [6, 6.07) is 3.49. The summed E-state index contributed by atoms with van der Waals surface area (Å²) in [7, 11) is 0. The SMILES string of the molecule is CC(C)NCCNc1ccc([N+](=O)[O-])cn1. The van der Waals surface area contributed by atoms with Gasteiger partial charge in [0.15, 0.2) is 0 Å². The van der Waals surface area contributed by atoms with Gasteiger partial charge < -0.3 is 10.6 Å². The fourth-order valence-electron chi connectivity index (χ4n) is 1.15. The molecular formula is C10H16N4O2. The zero-order valence-electron chi connectivity index (χ0n) is 9.43. The van der Waals surface area contributed by atoms with E-state index in [2.05, 4.69) is 29.5 Å². The van der Waals surface area contributed by atoms with Crippen LogP contribution in [0, 0.1) is 10.1 Å². The van der Waals surface area contributed by atoms with E-state index in [1.807, 2.05) is 0 Å². The Hall–Kier alpha value is -1.69. The number of nitro groups is 1. The van der Waals surface area contributed by atoms with Crippen molar-refractivity contribution in [1.29, 1.82) is 0 Å². The first kappa shape index (κ1) is 12.4. The Kier molecular flexibility index (Phi) is 4.65. The van der Waals surface area contributed by atoms with Crippen LogP contribution in [-0.2, 0) is 0 Å². The van der Waals surface area contributed by atoms with E-state index in [0.717, 1.165) is 13.1 Å². The Morgan fingerprint density at radius 1 is 1.44 bits per heavy atom. The van der Waals surface area contributed by atoms with Crippen molar-refractivity contribution in [3.8, 4) is 0 Å². The van der Waals surface area contributed by atoms with Gasteiger partial charge in [-0.2, -0.15) is 0 Å². The smallest absolute Gasteiger partial charge is 0.287 e. The van der Waals surface area contributed by atoms with E-state index in [1.54, 1.807) is 6.07 Å². The van der Waals surface area contributed by atoms with Crippen molar-refractivity contribution >= 4 is 11.5 Å². The van der Waals surface area contributed by atoms with Crippen LogP contribution in [0.3, 0.4) is 0 Å². The molecule has 0 saturated heterocycles. The highest BCUT2D eigenvalue weighted by Crippen LogP contribution is 2.11. The van der Waals surface area contributed by atoms with Crippen LogP contribution in [-0.4, -0.2) is 29.0 Å². The van der Waals surface area contributed by atoms with Crippen LogP contribution in [0.5, 0.6) is 0 Å². The van der Waals surface area contributed by atoms with Gasteiger partial charge in [0.2, 0.25) is 0 Å². The molecule has 1 heterocycles. The number of nitrogens with one attached hydrogen (secondary N) is 2. The minimum absolute atomic E-state index is 0.00542. The van der Waals surface area contributed by atoms with E-state index in [9.17, 15) is 10.1 Å². The fraction of sp³-hybridized carbons (Fsp3) is 0.500. The molecule has 0 unspecified atom stereocenters. The number of pyridine rings is 1. The van der Waals surface area contributed by atoms with Crippen molar-refractivity contribution in [2.75, 3.05) is 18.4 Å². The largest absolute Gasteiger partial charge is 0.369 e. The number of nitrogens with zero attached hydrogens (tertiary/aromatic N) is 2. The van der Waals surface area contributed by atoms with Crippen molar-refractivity contribution in [1.82, 2.24) is 10.3 Å². The maximum Gasteiger partial charge on any atom is 0.287 e. The highest BCUT2D eigenvalue weighted by Gasteiger charge is 2.04. The Labute approximate surface area is 94.2 Å². The van der Waals surface area contributed by atoms with Gasteiger partial charge in [0, 0.05) is 25.2 Å². The van der Waals surface area contributed by atoms with Crippen LogP contribution in [0.2, 0.25) is 0 Å². The molecule has 0 amide bonds. The second kappa shape index (κ2) is 6.02. The van der Waals surface area contributed by atoms with Crippen molar-refractivity contribution in [2.45, 2.75) is 19.9 Å². The van der Waals surface area contributed by atoms with Crippen molar-refractivity contribution in [3.63, 3.8) is 0 Å². The first-order valence-corrected chi connectivity index (χ1v) is 5.17. The summed E-state index contributed by atoms with van der Waals surface area (Å²) in [6.45, 7) is 5.72. The summed E-state index contributed by atoms with van der Waals surface area (Å²) < 4.78 is 0. The van der Waals surface area contributed by atoms with E-state index in [4.69, 9.17) is 0 Å². The molecule has 0 saturated carbocycles. The fourth-order valence-corrected chi connectivity index (χ4v) is 1.15. The lowest BCUT2D eigenvalue weighted by Crippen LogP contribution is -2.28. The Morgan fingerprint density at radius 3 is 2.69 bits per heavy atom. The average molecular weight is 224 g/mol. The van der Waals surface area contributed by atoms with Crippen LogP contribution in [0.4, 0.5) is 11.5 Å². The van der Waals surface area contributed by atoms with Crippen LogP contribution >= 0.6 is 0 Å². The summed E-state index contributed by atoms with van der Waals surface area (Å²) in [5, 5.41) is 16.7. The zero-order chi connectivity index (χ0) is 12.0. The average Bonchev–Trinajstić information content (AvgIpc) is 2.25. The first-order valence-electron chi connectivity index (χ1n) is 5.17. The monoisotopic (exact) mass is 224 g/mol. The predicted octanol–water partition coefficient (Wildman–Crippen LogP) is 1.40. The van der Waals surface area contributed by atoms with Gasteiger partial charge in [-0.1, -0.05) is 13.8 Å². The summed E-state index contributed by atoms with van der Waals surface area (Å²) in [4.78, 5) is 13.9. The highest BCUT2D eigenvalue weighted by molar-refractivity contribution is 5.39. The molecule has 0 aliphatic heterocycles. The lowest BCUT2D eigenvalue weighted by Gasteiger charge is -2.08. The number of rotatable bonds is 6. The normalized spacial score (nSPS) is 10.4. The van der Waals surface area contributed by atoms with Gasteiger partial charge in [-0.15, -0.1) is 0 Å². The zero-order valence-corrected chi connectivity index (χ0v) is 9.43. The Morgan fingerprint density at radius 2 is 2.19 bits per heavy atom. The Bertz CT molecular complexity index is 337. The summed E-state index contributed by atoms with van der Waals surface area (Å²) in [5.74, 6) is 0.649. The molecule has 0 bridgehead atoms. The van der Waals surface area contributed by atoms with Crippen molar-refractivity contribution in [2.24, 2.45) is 0 Å². The lowest BCUT2D eigenvalue weighted by molar-refractivity contribution is -0.385. The van der Waals surface area contributed by atoms with Crippen molar-refractivity contribution in [3.05, 3.63) is 28.4 Å². The number of anilines is 1. The molecule has 1 aromatic rings. The van der Waals surface area contributed by atoms with Gasteiger partial charge in [-0.05, 0) is 6.07 Å². The summed E-state index contributed by atoms with van der Waals surface area (Å²) in [5.41, 5.74) is 0.00542. The maximum absolute atomic E-state index is 10.4. The van der Waals surface area contributed by atoms with Crippen LogP contribution < -0.4 is 10.6 Å². The molecule has 0 radical (unpaired) electrons. The summed E-state index contributed by atoms with van der Waals surface area (Å²) in [6.07, 6.45) is 1.25. The van der Waals surface area contributed by atoms with E-state index < -0.39 is 4.92 Å². The molecule has 0 atom stereocenters. The van der Waals surface area contributed by atoms with Crippen LogP contribution in [0.25, 0.3) is 0 Å². The minimum Gasteiger partial charge on any atom is -0.369 e. The molecule has 0 fully saturated rings. The van der Waals surface area contributed by atoms with Crippen molar-refractivity contribution < 1.29 is 4.92 Å². The molecule has 0 aromatic carbocycles. The van der Waals surface area contributed by atoms with Gasteiger partial charge in [-0.25, -0.2) is 4.98 Å². The molecule has 0 spiro atoms. The number of hydrogen-bond donors (Lipinski definition) is 2. The van der Waals surface area contributed by atoms with E-state index >= 15 is 0 Å². The van der Waals surface area contributed by atoms with Gasteiger partial charge in [0.05, 0.1) is 4.92 Å². The third-order valence-corrected chi connectivity index (χ3v) is 1.94.